The minimum atomic E-state index is -0.631. The van der Waals surface area contributed by atoms with Crippen LogP contribution >= 0.6 is 11.3 Å². The highest BCUT2D eigenvalue weighted by Gasteiger charge is 2.48. The van der Waals surface area contributed by atoms with Crippen molar-refractivity contribution in [2.45, 2.75) is 5.41 Å². The van der Waals surface area contributed by atoms with E-state index in [0.29, 0.717) is 13.2 Å². The van der Waals surface area contributed by atoms with E-state index in [1.54, 1.807) is 6.20 Å². The summed E-state index contributed by atoms with van der Waals surface area (Å²) in [5.41, 5.74) is 4.64. The zero-order valence-electron chi connectivity index (χ0n) is 6.32. The molecule has 5 heteroatoms. The van der Waals surface area contributed by atoms with Gasteiger partial charge in [-0.15, -0.1) is 11.3 Å². The van der Waals surface area contributed by atoms with Gasteiger partial charge in [-0.1, -0.05) is 0 Å². The van der Waals surface area contributed by atoms with Crippen molar-refractivity contribution in [3.05, 3.63) is 16.6 Å². The summed E-state index contributed by atoms with van der Waals surface area (Å²) in [7, 11) is 0. The van der Waals surface area contributed by atoms with Gasteiger partial charge in [0.1, 0.15) is 10.4 Å². The lowest BCUT2D eigenvalue weighted by Gasteiger charge is -2.36. The molecule has 4 nitrogen and oxygen atoms in total. The number of hydrogen-bond donors (Lipinski definition) is 1. The fourth-order valence-corrected chi connectivity index (χ4v) is 1.95. The van der Waals surface area contributed by atoms with E-state index in [4.69, 9.17) is 10.5 Å². The number of amides is 1. The van der Waals surface area contributed by atoms with Crippen molar-refractivity contribution in [3.8, 4) is 0 Å². The Morgan fingerprint density at radius 3 is 2.83 bits per heavy atom. The van der Waals surface area contributed by atoms with Crippen molar-refractivity contribution in [2.24, 2.45) is 5.73 Å². The molecule has 0 atom stereocenters. The van der Waals surface area contributed by atoms with Crippen LogP contribution in [0.1, 0.15) is 5.01 Å². The van der Waals surface area contributed by atoms with Gasteiger partial charge in [0.2, 0.25) is 5.91 Å². The van der Waals surface area contributed by atoms with Crippen LogP contribution in [-0.4, -0.2) is 24.1 Å². The van der Waals surface area contributed by atoms with Gasteiger partial charge in [-0.2, -0.15) is 0 Å². The molecule has 1 aromatic rings. The lowest BCUT2D eigenvalue weighted by atomic mass is 9.86. The van der Waals surface area contributed by atoms with Gasteiger partial charge in [-0.3, -0.25) is 4.79 Å². The molecule has 1 aliphatic heterocycles. The van der Waals surface area contributed by atoms with Crippen LogP contribution < -0.4 is 5.73 Å². The van der Waals surface area contributed by atoms with Gasteiger partial charge >= 0.3 is 0 Å². The van der Waals surface area contributed by atoms with Crippen LogP contribution in [0.2, 0.25) is 0 Å². The van der Waals surface area contributed by atoms with Crippen molar-refractivity contribution in [1.82, 2.24) is 4.98 Å². The van der Waals surface area contributed by atoms with Crippen molar-refractivity contribution in [3.63, 3.8) is 0 Å². The molecule has 0 aromatic carbocycles. The summed E-state index contributed by atoms with van der Waals surface area (Å²) in [6.07, 6.45) is 1.67. The number of hydrogen-bond acceptors (Lipinski definition) is 4. The van der Waals surface area contributed by atoms with Crippen LogP contribution in [0.15, 0.2) is 11.6 Å². The fraction of sp³-hybridized carbons (Fsp3) is 0.429. The molecule has 0 radical (unpaired) electrons. The summed E-state index contributed by atoms with van der Waals surface area (Å²) < 4.78 is 4.99. The van der Waals surface area contributed by atoms with E-state index in [-0.39, 0.29) is 5.91 Å². The molecule has 0 aliphatic carbocycles. The minimum absolute atomic E-state index is 0.344. The summed E-state index contributed by atoms with van der Waals surface area (Å²) >= 11 is 1.44. The van der Waals surface area contributed by atoms with E-state index in [2.05, 4.69) is 4.98 Å². The summed E-state index contributed by atoms with van der Waals surface area (Å²) in [6, 6.07) is 0. The third-order valence-electron chi connectivity index (χ3n) is 2.01. The molecule has 64 valence electrons. The van der Waals surface area contributed by atoms with E-state index in [0.717, 1.165) is 5.01 Å². The average molecular weight is 184 g/mol. The summed E-state index contributed by atoms with van der Waals surface area (Å²) in [4.78, 5) is 15.2. The number of nitrogens with two attached hydrogens (primary N) is 1. The number of rotatable bonds is 2. The first-order valence-corrected chi connectivity index (χ1v) is 4.41. The number of aromatic nitrogens is 1. The standard InChI is InChI=1S/C7H8N2O2S/c8-5(10)7(3-11-4-7)6-9-1-2-12-6/h1-2H,3-4H2,(H2,8,10). The second-order valence-electron chi connectivity index (χ2n) is 2.78. The number of nitrogens with zero attached hydrogens (tertiary/aromatic N) is 1. The normalized spacial score (nSPS) is 20.0. The summed E-state index contributed by atoms with van der Waals surface area (Å²) in [6.45, 7) is 0.742. The van der Waals surface area contributed by atoms with Gasteiger partial charge in [-0.05, 0) is 0 Å². The van der Waals surface area contributed by atoms with Gasteiger partial charge in [0.25, 0.3) is 0 Å². The van der Waals surface area contributed by atoms with Gasteiger partial charge < -0.3 is 10.5 Å². The van der Waals surface area contributed by atoms with Gasteiger partial charge in [0, 0.05) is 11.6 Å². The van der Waals surface area contributed by atoms with E-state index in [1.807, 2.05) is 5.38 Å². The highest BCUT2D eigenvalue weighted by atomic mass is 32.1. The second kappa shape index (κ2) is 2.53. The molecule has 2 N–H and O–H groups in total. The van der Waals surface area contributed by atoms with Crippen LogP contribution in [0.4, 0.5) is 0 Å². The Morgan fingerprint density at radius 1 is 1.75 bits per heavy atom. The molecule has 1 aromatic heterocycles. The third-order valence-corrected chi connectivity index (χ3v) is 2.99. The van der Waals surface area contributed by atoms with Gasteiger partial charge in [0.15, 0.2) is 0 Å². The van der Waals surface area contributed by atoms with Crippen molar-refractivity contribution in [2.75, 3.05) is 13.2 Å². The molecular formula is C7H8N2O2S. The number of ether oxygens (including phenoxy) is 1. The van der Waals surface area contributed by atoms with Crippen LogP contribution in [0.5, 0.6) is 0 Å². The molecule has 1 aliphatic rings. The van der Waals surface area contributed by atoms with Crippen LogP contribution in [0, 0.1) is 0 Å². The van der Waals surface area contributed by atoms with Crippen LogP contribution in [-0.2, 0) is 14.9 Å². The first-order chi connectivity index (χ1) is 5.76. The topological polar surface area (TPSA) is 65.2 Å². The molecule has 1 fully saturated rings. The van der Waals surface area contributed by atoms with Gasteiger partial charge in [-0.25, -0.2) is 4.98 Å². The molecule has 2 rings (SSSR count). The molecule has 1 saturated heterocycles. The largest absolute Gasteiger partial charge is 0.378 e. The monoisotopic (exact) mass is 184 g/mol. The molecule has 12 heavy (non-hydrogen) atoms. The Labute approximate surface area is 73.4 Å². The SMILES string of the molecule is NC(=O)C1(c2nccs2)COC1. The Morgan fingerprint density at radius 2 is 2.50 bits per heavy atom. The molecule has 0 bridgehead atoms. The molecule has 0 saturated carbocycles. The maximum atomic E-state index is 11.1. The van der Waals surface area contributed by atoms with E-state index in [9.17, 15) is 4.79 Å². The van der Waals surface area contributed by atoms with Crippen molar-refractivity contribution >= 4 is 17.2 Å². The Hall–Kier alpha value is -0.940. The van der Waals surface area contributed by atoms with Gasteiger partial charge in [0.05, 0.1) is 13.2 Å². The molecule has 2 heterocycles. The Bertz CT molecular complexity index is 292. The zero-order chi connectivity index (χ0) is 8.60. The lowest BCUT2D eigenvalue weighted by molar-refractivity contribution is -0.141. The lowest BCUT2D eigenvalue weighted by Crippen LogP contribution is -2.56. The number of thiazole rings is 1. The van der Waals surface area contributed by atoms with Crippen LogP contribution in [0.3, 0.4) is 0 Å². The minimum Gasteiger partial charge on any atom is -0.378 e. The molecular weight excluding hydrogens is 176 g/mol. The Balaban J connectivity index is 2.35. The molecule has 0 unspecified atom stereocenters. The first-order valence-electron chi connectivity index (χ1n) is 3.53. The van der Waals surface area contributed by atoms with E-state index >= 15 is 0 Å². The van der Waals surface area contributed by atoms with E-state index in [1.165, 1.54) is 11.3 Å². The maximum absolute atomic E-state index is 11.1. The first kappa shape index (κ1) is 7.70. The van der Waals surface area contributed by atoms with E-state index < -0.39 is 5.41 Å². The predicted octanol–water partition coefficient (Wildman–Crippen LogP) is -0.104. The zero-order valence-corrected chi connectivity index (χ0v) is 7.13. The third kappa shape index (κ3) is 0.867. The number of primary amides is 1. The fourth-order valence-electron chi connectivity index (χ4n) is 1.14. The molecule has 1 amide bonds. The quantitative estimate of drug-likeness (QED) is 0.697. The average Bonchev–Trinajstić information content (AvgIpc) is 2.35. The highest BCUT2D eigenvalue weighted by Crippen LogP contribution is 2.33. The second-order valence-corrected chi connectivity index (χ2v) is 3.67. The van der Waals surface area contributed by atoms with Crippen molar-refractivity contribution in [1.29, 1.82) is 0 Å². The summed E-state index contributed by atoms with van der Waals surface area (Å²) in [5.74, 6) is -0.344. The highest BCUT2D eigenvalue weighted by molar-refractivity contribution is 7.09. The predicted molar refractivity (Wildman–Crippen MR) is 43.8 cm³/mol. The summed E-state index contributed by atoms with van der Waals surface area (Å²) in [5, 5.41) is 2.60. The molecule has 0 spiro atoms. The number of carbonyl (C=O) groups is 1. The Kier molecular flexibility index (Phi) is 1.62. The smallest absolute Gasteiger partial charge is 0.235 e. The number of carbonyl (C=O) groups excluding carboxylic acids is 1. The maximum Gasteiger partial charge on any atom is 0.235 e. The van der Waals surface area contributed by atoms with Crippen LogP contribution in [0.25, 0.3) is 0 Å². The van der Waals surface area contributed by atoms with Crippen molar-refractivity contribution < 1.29 is 9.53 Å².